The first kappa shape index (κ1) is 15.2. The molecule has 0 spiro atoms. The van der Waals surface area contributed by atoms with Crippen LogP contribution in [0.1, 0.15) is 12.5 Å². The molecule has 0 aromatic heterocycles. The average molecular weight is 284 g/mol. The van der Waals surface area contributed by atoms with Crippen LogP contribution in [-0.2, 0) is 9.59 Å². The third-order valence-electron chi connectivity index (χ3n) is 2.39. The van der Waals surface area contributed by atoms with E-state index in [1.54, 1.807) is 24.3 Å². The van der Waals surface area contributed by atoms with E-state index >= 15 is 0 Å². The lowest BCUT2D eigenvalue weighted by Crippen LogP contribution is -2.46. The summed E-state index contributed by atoms with van der Waals surface area (Å²) in [4.78, 5) is 22.1. The van der Waals surface area contributed by atoms with Crippen molar-refractivity contribution in [3.8, 4) is 0 Å². The number of halogens is 1. The van der Waals surface area contributed by atoms with Crippen LogP contribution in [0.25, 0.3) is 6.08 Å². The van der Waals surface area contributed by atoms with Crippen LogP contribution in [0.3, 0.4) is 0 Å². The molecule has 1 rings (SSSR count). The maximum absolute atomic E-state index is 11.5. The molecule has 0 heterocycles. The molecule has 1 amide bonds. The van der Waals surface area contributed by atoms with Gasteiger partial charge in [-0.05, 0) is 24.6 Å². The summed E-state index contributed by atoms with van der Waals surface area (Å²) in [5, 5.41) is 20.9. The van der Waals surface area contributed by atoms with Gasteiger partial charge in [0.1, 0.15) is 0 Å². The van der Waals surface area contributed by atoms with Crippen molar-refractivity contribution in [1.82, 2.24) is 5.32 Å². The van der Waals surface area contributed by atoms with Gasteiger partial charge in [0.15, 0.2) is 5.60 Å². The largest absolute Gasteiger partial charge is 0.479 e. The fraction of sp³-hybridized carbons (Fsp3) is 0.231. The number of nitrogens with one attached hydrogen (secondary N) is 1. The van der Waals surface area contributed by atoms with Crippen molar-refractivity contribution >= 4 is 29.6 Å². The minimum Gasteiger partial charge on any atom is -0.479 e. The number of benzene rings is 1. The van der Waals surface area contributed by atoms with Crippen LogP contribution < -0.4 is 5.32 Å². The van der Waals surface area contributed by atoms with Crippen molar-refractivity contribution in [2.75, 3.05) is 6.54 Å². The summed E-state index contributed by atoms with van der Waals surface area (Å²) in [5.74, 6) is -1.91. The van der Waals surface area contributed by atoms with Crippen LogP contribution in [0.2, 0.25) is 5.02 Å². The second kappa shape index (κ2) is 6.36. The summed E-state index contributed by atoms with van der Waals surface area (Å²) in [6, 6.07) is 6.97. The van der Waals surface area contributed by atoms with Crippen LogP contribution in [0, 0.1) is 0 Å². The summed E-state index contributed by atoms with van der Waals surface area (Å²) in [7, 11) is 0. The highest BCUT2D eigenvalue weighted by molar-refractivity contribution is 6.32. The molecule has 5 nitrogen and oxygen atoms in total. The number of aliphatic carboxylic acids is 1. The molecule has 102 valence electrons. The topological polar surface area (TPSA) is 86.6 Å². The number of aliphatic hydroxyl groups is 1. The minimum absolute atomic E-state index is 0.381. The zero-order valence-electron chi connectivity index (χ0n) is 10.3. The van der Waals surface area contributed by atoms with Crippen molar-refractivity contribution in [2.45, 2.75) is 12.5 Å². The Bertz CT molecular complexity index is 511. The Morgan fingerprint density at radius 3 is 2.63 bits per heavy atom. The quantitative estimate of drug-likeness (QED) is 0.711. The highest BCUT2D eigenvalue weighted by atomic mass is 35.5. The van der Waals surface area contributed by atoms with Gasteiger partial charge in [-0.2, -0.15) is 0 Å². The minimum atomic E-state index is -1.99. The molecule has 0 saturated carbocycles. The van der Waals surface area contributed by atoms with E-state index in [9.17, 15) is 14.7 Å². The first-order valence-electron chi connectivity index (χ1n) is 5.49. The van der Waals surface area contributed by atoms with E-state index in [4.69, 9.17) is 16.7 Å². The average Bonchev–Trinajstić information content (AvgIpc) is 2.35. The van der Waals surface area contributed by atoms with Gasteiger partial charge in [0.25, 0.3) is 0 Å². The molecule has 1 unspecified atom stereocenters. The number of carbonyl (C=O) groups is 2. The first-order valence-corrected chi connectivity index (χ1v) is 5.87. The molecule has 0 aliphatic rings. The maximum Gasteiger partial charge on any atom is 0.337 e. The van der Waals surface area contributed by atoms with Crippen LogP contribution in [0.5, 0.6) is 0 Å². The summed E-state index contributed by atoms with van der Waals surface area (Å²) < 4.78 is 0. The van der Waals surface area contributed by atoms with Crippen molar-refractivity contribution < 1.29 is 19.8 Å². The molecule has 19 heavy (non-hydrogen) atoms. The zero-order valence-corrected chi connectivity index (χ0v) is 11.0. The van der Waals surface area contributed by atoms with Crippen LogP contribution in [0.4, 0.5) is 0 Å². The standard InChI is InChI=1S/C13H14ClNO4/c1-13(19,12(17)18)8-15-11(16)7-6-9-4-2-3-5-10(9)14/h2-7,19H,8H2,1H3,(H,15,16)(H,17,18). The van der Waals surface area contributed by atoms with Gasteiger partial charge in [-0.1, -0.05) is 29.8 Å². The summed E-state index contributed by atoms with van der Waals surface area (Å²) >= 11 is 5.90. The van der Waals surface area contributed by atoms with E-state index in [2.05, 4.69) is 5.32 Å². The second-order valence-electron chi connectivity index (χ2n) is 4.15. The number of carboxylic acid groups (broad SMARTS) is 1. The number of carboxylic acids is 1. The van der Waals surface area contributed by atoms with E-state index in [0.29, 0.717) is 10.6 Å². The van der Waals surface area contributed by atoms with Crippen molar-refractivity contribution in [3.63, 3.8) is 0 Å². The molecular formula is C13H14ClNO4. The Balaban J connectivity index is 2.57. The third-order valence-corrected chi connectivity index (χ3v) is 2.73. The Labute approximate surface area is 115 Å². The predicted molar refractivity (Wildman–Crippen MR) is 71.8 cm³/mol. The van der Waals surface area contributed by atoms with Crippen LogP contribution in [0.15, 0.2) is 30.3 Å². The number of carbonyl (C=O) groups excluding carboxylic acids is 1. The van der Waals surface area contributed by atoms with E-state index in [-0.39, 0.29) is 6.54 Å². The molecule has 1 aromatic carbocycles. The second-order valence-corrected chi connectivity index (χ2v) is 4.56. The third kappa shape index (κ3) is 4.73. The molecule has 1 atom stereocenters. The molecule has 0 aliphatic carbocycles. The van der Waals surface area contributed by atoms with Gasteiger partial charge in [-0.15, -0.1) is 0 Å². The number of hydrogen-bond acceptors (Lipinski definition) is 3. The molecule has 6 heteroatoms. The predicted octanol–water partition coefficient (Wildman–Crippen LogP) is 1.31. The number of hydrogen-bond donors (Lipinski definition) is 3. The Kier molecular flexibility index (Phi) is 5.09. The van der Waals surface area contributed by atoms with Crippen molar-refractivity contribution in [3.05, 3.63) is 40.9 Å². The fourth-order valence-corrected chi connectivity index (χ4v) is 1.37. The summed E-state index contributed by atoms with van der Waals surface area (Å²) in [5.41, 5.74) is -1.32. The normalized spacial score (nSPS) is 14.1. The Morgan fingerprint density at radius 2 is 2.05 bits per heavy atom. The number of rotatable bonds is 5. The molecular weight excluding hydrogens is 270 g/mol. The van der Waals surface area contributed by atoms with Crippen LogP contribution in [-0.4, -0.2) is 34.2 Å². The highest BCUT2D eigenvalue weighted by Gasteiger charge is 2.29. The van der Waals surface area contributed by atoms with Crippen LogP contribution >= 0.6 is 11.6 Å². The fourth-order valence-electron chi connectivity index (χ4n) is 1.17. The van der Waals surface area contributed by atoms with Crippen molar-refractivity contribution in [2.24, 2.45) is 0 Å². The lowest BCUT2D eigenvalue weighted by Gasteiger charge is -2.17. The van der Waals surface area contributed by atoms with Gasteiger partial charge >= 0.3 is 5.97 Å². The van der Waals surface area contributed by atoms with Gasteiger partial charge in [0, 0.05) is 11.1 Å². The zero-order chi connectivity index (χ0) is 14.5. The monoisotopic (exact) mass is 283 g/mol. The van der Waals surface area contributed by atoms with E-state index < -0.39 is 17.5 Å². The highest BCUT2D eigenvalue weighted by Crippen LogP contribution is 2.16. The van der Waals surface area contributed by atoms with Gasteiger partial charge in [0.05, 0.1) is 6.54 Å². The molecule has 0 saturated heterocycles. The first-order chi connectivity index (χ1) is 8.83. The molecule has 0 bridgehead atoms. The lowest BCUT2D eigenvalue weighted by molar-refractivity contribution is -0.156. The molecule has 0 aliphatic heterocycles. The Hall–Kier alpha value is -1.85. The summed E-state index contributed by atoms with van der Waals surface area (Å²) in [6.45, 7) is 0.724. The Morgan fingerprint density at radius 1 is 1.42 bits per heavy atom. The van der Waals surface area contributed by atoms with Gasteiger partial charge in [-0.25, -0.2) is 4.79 Å². The smallest absolute Gasteiger partial charge is 0.337 e. The van der Waals surface area contributed by atoms with Crippen molar-refractivity contribution in [1.29, 1.82) is 0 Å². The van der Waals surface area contributed by atoms with Gasteiger partial charge in [-0.3, -0.25) is 4.79 Å². The molecule has 1 aromatic rings. The van der Waals surface area contributed by atoms with Gasteiger partial charge < -0.3 is 15.5 Å². The number of amides is 1. The van der Waals surface area contributed by atoms with E-state index in [1.165, 1.54) is 12.2 Å². The maximum atomic E-state index is 11.5. The lowest BCUT2D eigenvalue weighted by atomic mass is 10.1. The summed E-state index contributed by atoms with van der Waals surface area (Å²) in [6.07, 6.45) is 2.73. The molecule has 3 N–H and O–H groups in total. The SMILES string of the molecule is CC(O)(CNC(=O)C=Cc1ccccc1Cl)C(=O)O. The van der Waals surface area contributed by atoms with E-state index in [1.807, 2.05) is 0 Å². The van der Waals surface area contributed by atoms with E-state index in [0.717, 1.165) is 6.92 Å². The molecule has 0 fully saturated rings. The molecule has 0 radical (unpaired) electrons. The van der Waals surface area contributed by atoms with Gasteiger partial charge in [0.2, 0.25) is 5.91 Å².